The summed E-state index contributed by atoms with van der Waals surface area (Å²) in [4.78, 5) is 23.2. The van der Waals surface area contributed by atoms with E-state index in [4.69, 9.17) is 5.11 Å². The molecule has 0 bridgehead atoms. The van der Waals surface area contributed by atoms with E-state index in [1.54, 1.807) is 6.92 Å². The first kappa shape index (κ1) is 18.2. The molecule has 3 rings (SSSR count). The average Bonchev–Trinajstić information content (AvgIpc) is 3.22. The number of carboxylic acid groups (broad SMARTS) is 1. The van der Waals surface area contributed by atoms with E-state index in [1.807, 2.05) is 0 Å². The Bertz CT molecular complexity index is 1010. The second kappa shape index (κ2) is 7.32. The third-order valence-corrected chi connectivity index (χ3v) is 3.82. The number of rotatable bonds is 6. The van der Waals surface area contributed by atoms with Crippen LogP contribution in [0.2, 0.25) is 0 Å². The van der Waals surface area contributed by atoms with Crippen LogP contribution in [0, 0.1) is 18.6 Å². The van der Waals surface area contributed by atoms with Crippen molar-refractivity contribution in [2.45, 2.75) is 20.0 Å². The molecule has 2 N–H and O–H groups in total. The summed E-state index contributed by atoms with van der Waals surface area (Å²) in [5, 5.41) is 22.5. The summed E-state index contributed by atoms with van der Waals surface area (Å²) in [5.41, 5.74) is 0.412. The van der Waals surface area contributed by atoms with E-state index in [2.05, 4.69) is 25.3 Å². The summed E-state index contributed by atoms with van der Waals surface area (Å²) in [5.74, 6) is -3.27. The largest absolute Gasteiger partial charge is 0.478 e. The van der Waals surface area contributed by atoms with Gasteiger partial charge in [0.2, 0.25) is 0 Å². The molecule has 0 atom stereocenters. The quantitative estimate of drug-likeness (QED) is 0.668. The number of benzene rings is 1. The Hall–Kier alpha value is -3.63. The molecule has 1 amide bonds. The number of halogens is 2. The average molecular weight is 377 g/mol. The molecule has 9 nitrogen and oxygen atoms in total. The molecule has 0 aliphatic rings. The minimum Gasteiger partial charge on any atom is -0.478 e. The van der Waals surface area contributed by atoms with E-state index in [9.17, 15) is 18.4 Å². The number of nitrogens with zero attached hydrogens (tertiary/aromatic N) is 4. The summed E-state index contributed by atoms with van der Waals surface area (Å²) in [6, 6.07) is 3.16. The van der Waals surface area contributed by atoms with Crippen LogP contribution in [0.1, 0.15) is 37.8 Å². The van der Waals surface area contributed by atoms with Crippen LogP contribution >= 0.6 is 0 Å². The fourth-order valence-corrected chi connectivity index (χ4v) is 2.34. The number of aromatic carboxylic acids is 1. The highest BCUT2D eigenvalue weighted by molar-refractivity contribution is 5.93. The second-order valence-corrected chi connectivity index (χ2v) is 5.58. The Morgan fingerprint density at radius 3 is 2.81 bits per heavy atom. The molecule has 140 valence electrons. The molecule has 27 heavy (non-hydrogen) atoms. The number of carbonyl (C=O) groups is 2. The molecule has 0 aliphatic heterocycles. The maximum Gasteiger partial charge on any atom is 0.341 e. The first-order valence-corrected chi connectivity index (χ1v) is 7.65. The van der Waals surface area contributed by atoms with E-state index in [0.717, 1.165) is 18.4 Å². The van der Waals surface area contributed by atoms with Gasteiger partial charge in [0.15, 0.2) is 5.69 Å². The molecule has 0 aliphatic carbocycles. The lowest BCUT2D eigenvalue weighted by molar-refractivity contribution is 0.0693. The molecule has 0 radical (unpaired) electrons. The Balaban J connectivity index is 1.71. The maximum atomic E-state index is 13.8. The molecule has 2 heterocycles. The van der Waals surface area contributed by atoms with Crippen molar-refractivity contribution in [2.24, 2.45) is 0 Å². The highest BCUT2D eigenvalue weighted by atomic mass is 19.1. The summed E-state index contributed by atoms with van der Waals surface area (Å²) in [7, 11) is 0. The molecule has 11 heteroatoms. The van der Waals surface area contributed by atoms with E-state index in [-0.39, 0.29) is 35.6 Å². The van der Waals surface area contributed by atoms with Crippen LogP contribution < -0.4 is 5.32 Å². The van der Waals surface area contributed by atoms with Crippen LogP contribution in [-0.2, 0) is 13.1 Å². The predicted octanol–water partition coefficient (Wildman–Crippen LogP) is 1.53. The summed E-state index contributed by atoms with van der Waals surface area (Å²) in [6.07, 6.45) is 0.961. The molecule has 0 unspecified atom stereocenters. The normalized spacial score (nSPS) is 10.8. The Kier molecular flexibility index (Phi) is 4.92. The van der Waals surface area contributed by atoms with Gasteiger partial charge in [0, 0.05) is 11.6 Å². The Labute approximate surface area is 150 Å². The van der Waals surface area contributed by atoms with Crippen LogP contribution in [0.15, 0.2) is 29.0 Å². The van der Waals surface area contributed by atoms with Gasteiger partial charge in [-0.25, -0.2) is 18.3 Å². The summed E-state index contributed by atoms with van der Waals surface area (Å²) in [6.45, 7) is 1.34. The van der Waals surface area contributed by atoms with E-state index >= 15 is 0 Å². The first-order valence-electron chi connectivity index (χ1n) is 7.65. The third-order valence-electron chi connectivity index (χ3n) is 3.82. The van der Waals surface area contributed by atoms with Crippen LogP contribution in [0.5, 0.6) is 0 Å². The number of hydrogen-bond donors (Lipinski definition) is 2. The molecule has 0 spiro atoms. The van der Waals surface area contributed by atoms with Crippen molar-refractivity contribution in [1.29, 1.82) is 0 Å². The number of amides is 1. The maximum absolute atomic E-state index is 13.8. The van der Waals surface area contributed by atoms with E-state index < -0.39 is 23.5 Å². The van der Waals surface area contributed by atoms with Crippen molar-refractivity contribution < 1.29 is 28.0 Å². The van der Waals surface area contributed by atoms with Crippen molar-refractivity contribution in [3.8, 4) is 0 Å². The number of carbonyl (C=O) groups excluding carboxylic acids is 1. The number of aromatic nitrogens is 4. The molecule has 2 aromatic heterocycles. The Morgan fingerprint density at radius 1 is 1.33 bits per heavy atom. The van der Waals surface area contributed by atoms with Crippen LogP contribution in [0.4, 0.5) is 8.78 Å². The van der Waals surface area contributed by atoms with Gasteiger partial charge in [-0.1, -0.05) is 16.4 Å². The zero-order valence-corrected chi connectivity index (χ0v) is 13.9. The molecular weight excluding hydrogens is 364 g/mol. The van der Waals surface area contributed by atoms with E-state index in [1.165, 1.54) is 10.7 Å². The van der Waals surface area contributed by atoms with Gasteiger partial charge < -0.3 is 14.9 Å². The van der Waals surface area contributed by atoms with Gasteiger partial charge in [0.1, 0.15) is 29.2 Å². The van der Waals surface area contributed by atoms with Crippen molar-refractivity contribution in [3.05, 3.63) is 64.3 Å². The third kappa shape index (κ3) is 3.81. The Morgan fingerprint density at radius 2 is 2.11 bits per heavy atom. The fraction of sp³-hybridized carbons (Fsp3) is 0.188. The zero-order valence-electron chi connectivity index (χ0n) is 13.9. The standard InChI is InChI=1S/C16H13F2N5O4/c1-8-14(15(24)19-5-13-11(16(25)26)7-27-21-13)20-22-23(8)6-9-2-3-10(17)4-12(9)18/h2-4,7H,5-6H2,1H3,(H,19,24)(H,25,26). The molecule has 3 aromatic rings. The second-order valence-electron chi connectivity index (χ2n) is 5.58. The van der Waals surface area contributed by atoms with Crippen molar-refractivity contribution >= 4 is 11.9 Å². The number of nitrogens with one attached hydrogen (secondary N) is 1. The van der Waals surface area contributed by atoms with Gasteiger partial charge in [0.25, 0.3) is 5.91 Å². The van der Waals surface area contributed by atoms with E-state index in [0.29, 0.717) is 5.69 Å². The van der Waals surface area contributed by atoms with Crippen molar-refractivity contribution in [2.75, 3.05) is 0 Å². The fourth-order valence-electron chi connectivity index (χ4n) is 2.34. The summed E-state index contributed by atoms with van der Waals surface area (Å²) < 4.78 is 32.6. The molecule has 0 saturated carbocycles. The predicted molar refractivity (Wildman–Crippen MR) is 84.9 cm³/mol. The molecular formula is C16H13F2N5O4. The van der Waals surface area contributed by atoms with Gasteiger partial charge in [-0.05, 0) is 13.0 Å². The van der Waals surface area contributed by atoms with Crippen molar-refractivity contribution in [1.82, 2.24) is 25.5 Å². The molecule has 0 fully saturated rings. The van der Waals surface area contributed by atoms with Gasteiger partial charge in [-0.2, -0.15) is 0 Å². The lowest BCUT2D eigenvalue weighted by Gasteiger charge is -2.06. The molecule has 1 aromatic carbocycles. The SMILES string of the molecule is Cc1c(C(=O)NCc2nocc2C(=O)O)nnn1Cc1ccc(F)cc1F. The van der Waals surface area contributed by atoms with Crippen LogP contribution in [0.3, 0.4) is 0 Å². The smallest absolute Gasteiger partial charge is 0.341 e. The van der Waals surface area contributed by atoms with Gasteiger partial charge >= 0.3 is 5.97 Å². The number of carboxylic acids is 1. The number of hydrogen-bond acceptors (Lipinski definition) is 6. The highest BCUT2D eigenvalue weighted by Gasteiger charge is 2.20. The minimum atomic E-state index is -1.23. The minimum absolute atomic E-state index is 0.0158. The van der Waals surface area contributed by atoms with Gasteiger partial charge in [-0.3, -0.25) is 4.79 Å². The first-order chi connectivity index (χ1) is 12.9. The lowest BCUT2D eigenvalue weighted by atomic mass is 10.2. The highest BCUT2D eigenvalue weighted by Crippen LogP contribution is 2.13. The lowest BCUT2D eigenvalue weighted by Crippen LogP contribution is -2.25. The van der Waals surface area contributed by atoms with Crippen LogP contribution in [-0.4, -0.2) is 37.1 Å². The van der Waals surface area contributed by atoms with Crippen molar-refractivity contribution in [3.63, 3.8) is 0 Å². The van der Waals surface area contributed by atoms with Crippen LogP contribution in [0.25, 0.3) is 0 Å². The monoisotopic (exact) mass is 377 g/mol. The summed E-state index contributed by atoms with van der Waals surface area (Å²) >= 11 is 0. The van der Waals surface area contributed by atoms with Gasteiger partial charge in [0.05, 0.1) is 18.8 Å². The van der Waals surface area contributed by atoms with Gasteiger partial charge in [-0.15, -0.1) is 5.10 Å². The molecule has 0 saturated heterocycles. The zero-order chi connectivity index (χ0) is 19.6. The topological polar surface area (TPSA) is 123 Å².